The average Bonchev–Trinajstić information content (AvgIpc) is 2.71. The Bertz CT molecular complexity index is 780. The molecule has 0 radical (unpaired) electrons. The summed E-state index contributed by atoms with van der Waals surface area (Å²) in [6.07, 6.45) is 0.865. The molecule has 4 bridgehead atoms. The third-order valence-electron chi connectivity index (χ3n) is 9.24. The highest BCUT2D eigenvalue weighted by molar-refractivity contribution is 5.89. The van der Waals surface area contributed by atoms with Crippen molar-refractivity contribution in [2.75, 3.05) is 6.61 Å². The molecule has 6 aliphatic rings. The number of aliphatic hydroxyl groups excluding tert-OH is 2. The van der Waals surface area contributed by atoms with Gasteiger partial charge in [0.05, 0.1) is 11.5 Å². The molecule has 0 aromatic carbocycles. The zero-order valence-corrected chi connectivity index (χ0v) is 18.8. The Balaban J connectivity index is 1.67. The maximum absolute atomic E-state index is 12.5. The van der Waals surface area contributed by atoms with Crippen molar-refractivity contribution in [3.8, 4) is 0 Å². The molecular formula is C24H36O7. The van der Waals surface area contributed by atoms with E-state index >= 15 is 0 Å². The van der Waals surface area contributed by atoms with Gasteiger partial charge in [-0.2, -0.15) is 0 Å². The Morgan fingerprint density at radius 3 is 2.71 bits per heavy atom. The molecule has 6 fully saturated rings. The van der Waals surface area contributed by atoms with Crippen molar-refractivity contribution in [2.45, 2.75) is 89.7 Å². The van der Waals surface area contributed by atoms with E-state index in [9.17, 15) is 20.1 Å². The van der Waals surface area contributed by atoms with Crippen LogP contribution in [0.3, 0.4) is 0 Å². The minimum atomic E-state index is -1.82. The van der Waals surface area contributed by atoms with Crippen LogP contribution >= 0.6 is 0 Å². The first-order chi connectivity index (χ1) is 14.6. The van der Waals surface area contributed by atoms with E-state index in [1.54, 1.807) is 0 Å². The van der Waals surface area contributed by atoms with Crippen LogP contribution in [-0.2, 0) is 19.0 Å². The second-order valence-electron chi connectivity index (χ2n) is 11.2. The number of rotatable bonds is 4. The third-order valence-corrected chi connectivity index (χ3v) is 9.24. The van der Waals surface area contributed by atoms with Crippen molar-refractivity contribution in [2.24, 2.45) is 34.5 Å². The van der Waals surface area contributed by atoms with E-state index in [-0.39, 0.29) is 17.3 Å². The fourth-order valence-electron chi connectivity index (χ4n) is 7.91. The molecule has 31 heavy (non-hydrogen) atoms. The van der Waals surface area contributed by atoms with Gasteiger partial charge in [-0.05, 0) is 43.4 Å². The van der Waals surface area contributed by atoms with E-state index in [0.717, 1.165) is 19.3 Å². The van der Waals surface area contributed by atoms with Gasteiger partial charge >= 0.3 is 5.97 Å². The first kappa shape index (κ1) is 21.8. The summed E-state index contributed by atoms with van der Waals surface area (Å²) in [7, 11) is 0. The lowest BCUT2D eigenvalue weighted by atomic mass is 9.38. The molecule has 3 aliphatic heterocycles. The lowest BCUT2D eigenvalue weighted by Gasteiger charge is -2.74. The summed E-state index contributed by atoms with van der Waals surface area (Å²) < 4.78 is 18.3. The van der Waals surface area contributed by atoms with Gasteiger partial charge in [-0.15, -0.1) is 0 Å². The summed E-state index contributed by atoms with van der Waals surface area (Å²) in [5, 5.41) is 35.0. The highest BCUT2D eigenvalue weighted by atomic mass is 16.8. The molecule has 0 aromatic rings. The molecule has 1 spiro atoms. The van der Waals surface area contributed by atoms with Crippen LogP contribution in [0.2, 0.25) is 0 Å². The van der Waals surface area contributed by atoms with Crippen molar-refractivity contribution in [3.05, 3.63) is 12.2 Å². The van der Waals surface area contributed by atoms with Crippen LogP contribution in [0.4, 0.5) is 0 Å². The lowest BCUT2D eigenvalue weighted by Crippen LogP contribution is -2.84. The molecule has 7 heteroatoms. The number of hydrogen-bond donors (Lipinski definition) is 3. The highest BCUT2D eigenvalue weighted by Crippen LogP contribution is 2.72. The molecule has 3 heterocycles. The van der Waals surface area contributed by atoms with Crippen molar-refractivity contribution in [1.29, 1.82) is 0 Å². The number of carbonyl (C=O) groups excluding carboxylic acids is 1. The SMILES string of the molecule is C=C1C(=O)OC2CC1CC1C2C23C(O)CCC(C)(C)C2C(O)C1(O)OC3OCCCC. The normalized spacial score (nSPS) is 52.3. The second-order valence-corrected chi connectivity index (χ2v) is 11.2. The minimum Gasteiger partial charge on any atom is -0.459 e. The van der Waals surface area contributed by atoms with Crippen LogP contribution in [0.5, 0.6) is 0 Å². The summed E-state index contributed by atoms with van der Waals surface area (Å²) in [6, 6.07) is 0. The predicted molar refractivity (Wildman–Crippen MR) is 110 cm³/mol. The quantitative estimate of drug-likeness (QED) is 0.352. The molecule has 10 unspecified atom stereocenters. The average molecular weight is 437 g/mol. The van der Waals surface area contributed by atoms with Gasteiger partial charge in [0, 0.05) is 29.9 Å². The number of hydrogen-bond acceptors (Lipinski definition) is 7. The number of carbonyl (C=O) groups is 1. The van der Waals surface area contributed by atoms with Crippen molar-refractivity contribution < 1.29 is 34.3 Å². The maximum Gasteiger partial charge on any atom is 0.333 e. The topological polar surface area (TPSA) is 105 Å². The molecule has 3 N–H and O–H groups in total. The largest absolute Gasteiger partial charge is 0.459 e. The number of fused-ring (bicyclic) bond motifs is 3. The highest BCUT2D eigenvalue weighted by Gasteiger charge is 2.81. The van der Waals surface area contributed by atoms with Gasteiger partial charge in [-0.25, -0.2) is 4.79 Å². The van der Waals surface area contributed by atoms with E-state index in [0.29, 0.717) is 31.4 Å². The molecule has 10 atom stereocenters. The smallest absolute Gasteiger partial charge is 0.333 e. The van der Waals surface area contributed by atoms with E-state index in [2.05, 4.69) is 27.4 Å². The van der Waals surface area contributed by atoms with Crippen LogP contribution in [0.25, 0.3) is 0 Å². The first-order valence-corrected chi connectivity index (χ1v) is 11.9. The van der Waals surface area contributed by atoms with E-state index in [1.807, 2.05) is 0 Å². The Labute approximate surface area is 183 Å². The summed E-state index contributed by atoms with van der Waals surface area (Å²) in [6.45, 7) is 10.6. The third kappa shape index (κ3) is 2.67. The van der Waals surface area contributed by atoms with Crippen molar-refractivity contribution in [1.82, 2.24) is 0 Å². The van der Waals surface area contributed by atoms with Crippen molar-refractivity contribution >= 4 is 5.97 Å². The van der Waals surface area contributed by atoms with Crippen LogP contribution < -0.4 is 0 Å². The zero-order valence-electron chi connectivity index (χ0n) is 18.8. The van der Waals surface area contributed by atoms with Crippen LogP contribution in [0.1, 0.15) is 59.3 Å². The van der Waals surface area contributed by atoms with Gasteiger partial charge in [0.15, 0.2) is 12.1 Å². The Morgan fingerprint density at radius 2 is 2.00 bits per heavy atom. The van der Waals surface area contributed by atoms with Crippen LogP contribution in [0, 0.1) is 34.5 Å². The van der Waals surface area contributed by atoms with E-state index in [1.165, 1.54) is 0 Å². The van der Waals surface area contributed by atoms with Crippen LogP contribution in [-0.4, -0.2) is 58.3 Å². The lowest BCUT2D eigenvalue weighted by molar-refractivity contribution is -0.498. The predicted octanol–water partition coefficient (Wildman–Crippen LogP) is 2.13. The molecule has 6 rings (SSSR count). The Morgan fingerprint density at radius 1 is 1.26 bits per heavy atom. The molecule has 3 aliphatic carbocycles. The number of aliphatic hydroxyl groups is 3. The van der Waals surface area contributed by atoms with Gasteiger partial charge in [0.25, 0.3) is 0 Å². The van der Waals surface area contributed by atoms with Gasteiger partial charge < -0.3 is 29.5 Å². The number of unbranched alkanes of at least 4 members (excludes halogenated alkanes) is 1. The van der Waals surface area contributed by atoms with Crippen molar-refractivity contribution in [3.63, 3.8) is 0 Å². The summed E-state index contributed by atoms with van der Waals surface area (Å²) in [5.74, 6) is -3.60. The fourth-order valence-corrected chi connectivity index (χ4v) is 7.91. The minimum absolute atomic E-state index is 0.116. The van der Waals surface area contributed by atoms with Gasteiger partial charge in [-0.3, -0.25) is 0 Å². The summed E-state index contributed by atoms with van der Waals surface area (Å²) in [5.41, 5.74) is -0.894. The molecule has 3 saturated heterocycles. The van der Waals surface area contributed by atoms with Gasteiger partial charge in [-0.1, -0.05) is 33.8 Å². The molecule has 3 saturated carbocycles. The molecule has 0 aromatic heterocycles. The molecule has 174 valence electrons. The standard InChI is InChI=1S/C24H36O7/c1-5-6-9-29-21-23-16(25)7-8-22(3,4)18(23)19(26)24(28,31-21)14-10-13-11-15(17(14)23)30-20(27)12(13)2/h13-19,21,25-26,28H,2,5-11H2,1,3-4H3. The first-order valence-electron chi connectivity index (χ1n) is 11.9. The van der Waals surface area contributed by atoms with Gasteiger partial charge in [0.2, 0.25) is 0 Å². The zero-order chi connectivity index (χ0) is 22.3. The van der Waals surface area contributed by atoms with E-state index < -0.39 is 53.6 Å². The maximum atomic E-state index is 12.5. The summed E-state index contributed by atoms with van der Waals surface area (Å²) >= 11 is 0. The Kier molecular flexibility index (Phi) is 4.93. The monoisotopic (exact) mass is 436 g/mol. The van der Waals surface area contributed by atoms with E-state index in [4.69, 9.17) is 14.2 Å². The number of ether oxygens (including phenoxy) is 3. The molecule has 0 amide bonds. The second kappa shape index (κ2) is 7.00. The molecular weight excluding hydrogens is 400 g/mol. The molecule has 7 nitrogen and oxygen atoms in total. The van der Waals surface area contributed by atoms with Crippen LogP contribution in [0.15, 0.2) is 12.2 Å². The van der Waals surface area contributed by atoms with Gasteiger partial charge in [0.1, 0.15) is 12.2 Å². The fraction of sp³-hybridized carbons (Fsp3) is 0.875. The number of esters is 1. The summed E-state index contributed by atoms with van der Waals surface area (Å²) in [4.78, 5) is 12.5. The Hall–Kier alpha value is -0.990.